The van der Waals surface area contributed by atoms with E-state index in [1.165, 1.54) is 12.7 Å². The molecule has 18 heavy (non-hydrogen) atoms. The predicted molar refractivity (Wildman–Crippen MR) is 68.1 cm³/mol. The van der Waals surface area contributed by atoms with Crippen LogP contribution in [0.25, 0.3) is 0 Å². The number of nitrogens with one attached hydrogen (secondary N) is 1. The lowest BCUT2D eigenvalue weighted by Gasteiger charge is -2.32. The standard InChI is InChI=1S/C13H21N3O2/c1-14-6-2-11-3-7-16(8-4-11)13(17)10-12-5-9-18-15-12/h5,9,11,14H,2-4,6-8,10H2,1H3. The van der Waals surface area contributed by atoms with Crippen LogP contribution >= 0.6 is 0 Å². The van der Waals surface area contributed by atoms with Crippen molar-refractivity contribution < 1.29 is 9.32 Å². The Morgan fingerprint density at radius 1 is 1.56 bits per heavy atom. The van der Waals surface area contributed by atoms with Crippen LogP contribution in [0.5, 0.6) is 0 Å². The van der Waals surface area contributed by atoms with Crippen molar-refractivity contribution in [3.05, 3.63) is 18.0 Å². The zero-order valence-corrected chi connectivity index (χ0v) is 10.9. The molecule has 0 aliphatic carbocycles. The molecule has 0 aromatic carbocycles. The molecule has 5 nitrogen and oxygen atoms in total. The van der Waals surface area contributed by atoms with Gasteiger partial charge in [0.15, 0.2) is 0 Å². The Morgan fingerprint density at radius 2 is 2.33 bits per heavy atom. The fraction of sp³-hybridized carbons (Fsp3) is 0.692. The van der Waals surface area contributed by atoms with Crippen molar-refractivity contribution in [2.75, 3.05) is 26.7 Å². The number of nitrogens with zero attached hydrogens (tertiary/aromatic N) is 2. The third kappa shape index (κ3) is 3.57. The second-order valence-electron chi connectivity index (χ2n) is 4.88. The van der Waals surface area contributed by atoms with Gasteiger partial charge in [-0.1, -0.05) is 5.16 Å². The summed E-state index contributed by atoms with van der Waals surface area (Å²) in [5.41, 5.74) is 0.720. The zero-order valence-electron chi connectivity index (χ0n) is 10.9. The first-order chi connectivity index (χ1) is 8.79. The van der Waals surface area contributed by atoms with Crippen molar-refractivity contribution in [1.82, 2.24) is 15.4 Å². The van der Waals surface area contributed by atoms with Gasteiger partial charge in [0.1, 0.15) is 6.26 Å². The van der Waals surface area contributed by atoms with E-state index in [0.717, 1.165) is 44.1 Å². The van der Waals surface area contributed by atoms with Gasteiger partial charge in [0.05, 0.1) is 12.1 Å². The maximum atomic E-state index is 12.0. The molecule has 1 amide bonds. The summed E-state index contributed by atoms with van der Waals surface area (Å²) in [6.45, 7) is 2.83. The quantitative estimate of drug-likeness (QED) is 0.850. The summed E-state index contributed by atoms with van der Waals surface area (Å²) in [6.07, 6.45) is 5.31. The lowest BCUT2D eigenvalue weighted by molar-refractivity contribution is -0.131. The minimum atomic E-state index is 0.163. The van der Waals surface area contributed by atoms with Crippen molar-refractivity contribution in [3.63, 3.8) is 0 Å². The van der Waals surface area contributed by atoms with Gasteiger partial charge < -0.3 is 14.7 Å². The summed E-state index contributed by atoms with van der Waals surface area (Å²) in [6, 6.07) is 1.75. The van der Waals surface area contributed by atoms with Crippen molar-refractivity contribution in [2.24, 2.45) is 5.92 Å². The van der Waals surface area contributed by atoms with Crippen molar-refractivity contribution in [3.8, 4) is 0 Å². The molecule has 0 atom stereocenters. The number of amides is 1. The molecule has 1 fully saturated rings. The molecule has 1 aliphatic heterocycles. The first-order valence-electron chi connectivity index (χ1n) is 6.61. The number of rotatable bonds is 5. The summed E-state index contributed by atoms with van der Waals surface area (Å²) < 4.78 is 4.74. The number of carbonyl (C=O) groups excluding carboxylic acids is 1. The minimum Gasteiger partial charge on any atom is -0.364 e. The average Bonchev–Trinajstić information content (AvgIpc) is 2.89. The molecule has 1 saturated heterocycles. The highest BCUT2D eigenvalue weighted by Gasteiger charge is 2.22. The van der Waals surface area contributed by atoms with Gasteiger partial charge in [-0.05, 0) is 38.8 Å². The molecule has 0 saturated carbocycles. The third-order valence-electron chi connectivity index (χ3n) is 3.59. The fourth-order valence-electron chi connectivity index (χ4n) is 2.41. The van der Waals surface area contributed by atoms with E-state index in [4.69, 9.17) is 4.52 Å². The number of hydrogen-bond acceptors (Lipinski definition) is 4. The summed E-state index contributed by atoms with van der Waals surface area (Å²) >= 11 is 0. The van der Waals surface area contributed by atoms with E-state index >= 15 is 0 Å². The summed E-state index contributed by atoms with van der Waals surface area (Å²) in [5.74, 6) is 0.921. The Morgan fingerprint density at radius 3 is 2.94 bits per heavy atom. The largest absolute Gasteiger partial charge is 0.364 e. The van der Waals surface area contributed by atoms with E-state index in [1.54, 1.807) is 6.07 Å². The summed E-state index contributed by atoms with van der Waals surface area (Å²) in [5, 5.41) is 6.96. The summed E-state index contributed by atoms with van der Waals surface area (Å²) in [4.78, 5) is 14.0. The van der Waals surface area contributed by atoms with Crippen LogP contribution < -0.4 is 5.32 Å². The molecule has 0 unspecified atom stereocenters. The molecule has 1 aromatic rings. The molecule has 2 heterocycles. The predicted octanol–water partition coefficient (Wildman–Crippen LogP) is 1.07. The maximum absolute atomic E-state index is 12.0. The fourth-order valence-corrected chi connectivity index (χ4v) is 2.41. The highest BCUT2D eigenvalue weighted by atomic mass is 16.5. The lowest BCUT2D eigenvalue weighted by atomic mass is 9.93. The number of hydrogen-bond donors (Lipinski definition) is 1. The van der Waals surface area contributed by atoms with Crippen LogP contribution in [0.15, 0.2) is 16.9 Å². The van der Waals surface area contributed by atoms with Crippen LogP contribution in [-0.4, -0.2) is 42.6 Å². The third-order valence-corrected chi connectivity index (χ3v) is 3.59. The van der Waals surface area contributed by atoms with Gasteiger partial charge in [-0.3, -0.25) is 4.79 Å². The Balaban J connectivity index is 1.73. The Kier molecular flexibility index (Phi) is 4.75. The second-order valence-corrected chi connectivity index (χ2v) is 4.88. The molecular formula is C13H21N3O2. The molecule has 1 aliphatic rings. The Hall–Kier alpha value is -1.36. The van der Waals surface area contributed by atoms with Gasteiger partial charge in [0.2, 0.25) is 5.91 Å². The molecule has 0 radical (unpaired) electrons. The number of carbonyl (C=O) groups is 1. The van der Waals surface area contributed by atoms with Crippen LogP contribution in [0.4, 0.5) is 0 Å². The van der Waals surface area contributed by atoms with Crippen LogP contribution in [0.3, 0.4) is 0 Å². The average molecular weight is 251 g/mol. The van der Waals surface area contributed by atoms with Crippen LogP contribution in [-0.2, 0) is 11.2 Å². The van der Waals surface area contributed by atoms with Gasteiger partial charge >= 0.3 is 0 Å². The molecule has 1 aromatic heterocycles. The topological polar surface area (TPSA) is 58.4 Å². The van der Waals surface area contributed by atoms with E-state index in [2.05, 4.69) is 10.5 Å². The molecule has 0 bridgehead atoms. The lowest BCUT2D eigenvalue weighted by Crippen LogP contribution is -2.39. The maximum Gasteiger partial charge on any atom is 0.228 e. The van der Waals surface area contributed by atoms with Crippen molar-refractivity contribution in [1.29, 1.82) is 0 Å². The first-order valence-corrected chi connectivity index (χ1v) is 6.61. The Labute approximate surface area is 108 Å². The molecular weight excluding hydrogens is 230 g/mol. The smallest absolute Gasteiger partial charge is 0.228 e. The van der Waals surface area contributed by atoms with Gasteiger partial charge in [0.25, 0.3) is 0 Å². The molecule has 1 N–H and O–H groups in total. The van der Waals surface area contributed by atoms with E-state index < -0.39 is 0 Å². The van der Waals surface area contributed by atoms with Gasteiger partial charge in [-0.25, -0.2) is 0 Å². The highest BCUT2D eigenvalue weighted by Crippen LogP contribution is 2.20. The van der Waals surface area contributed by atoms with Gasteiger partial charge in [-0.15, -0.1) is 0 Å². The van der Waals surface area contributed by atoms with E-state index in [1.807, 2.05) is 11.9 Å². The van der Waals surface area contributed by atoms with Crippen LogP contribution in [0.1, 0.15) is 25.0 Å². The van der Waals surface area contributed by atoms with Crippen LogP contribution in [0, 0.1) is 5.92 Å². The molecule has 100 valence electrons. The van der Waals surface area contributed by atoms with Crippen molar-refractivity contribution >= 4 is 5.91 Å². The normalized spacial score (nSPS) is 17.1. The molecule has 5 heteroatoms. The monoisotopic (exact) mass is 251 g/mol. The molecule has 2 rings (SSSR count). The van der Waals surface area contributed by atoms with E-state index in [0.29, 0.717) is 6.42 Å². The molecule has 0 spiro atoms. The summed E-state index contributed by atoms with van der Waals surface area (Å²) in [7, 11) is 1.98. The second kappa shape index (κ2) is 6.54. The Bertz CT molecular complexity index is 356. The SMILES string of the molecule is CNCCC1CCN(C(=O)Cc2ccon2)CC1. The van der Waals surface area contributed by atoms with Gasteiger partial charge in [0, 0.05) is 19.2 Å². The number of likely N-dealkylation sites (tertiary alicyclic amines) is 1. The zero-order chi connectivity index (χ0) is 12.8. The van der Waals surface area contributed by atoms with Crippen LogP contribution in [0.2, 0.25) is 0 Å². The van der Waals surface area contributed by atoms with Crippen molar-refractivity contribution in [2.45, 2.75) is 25.7 Å². The number of aromatic nitrogens is 1. The van der Waals surface area contributed by atoms with Gasteiger partial charge in [-0.2, -0.15) is 0 Å². The highest BCUT2D eigenvalue weighted by molar-refractivity contribution is 5.78. The van der Waals surface area contributed by atoms with E-state index in [-0.39, 0.29) is 5.91 Å². The van der Waals surface area contributed by atoms with E-state index in [9.17, 15) is 4.79 Å². The minimum absolute atomic E-state index is 0.163. The number of piperidine rings is 1. The first kappa shape index (κ1) is 13.1.